The van der Waals surface area contributed by atoms with Crippen LogP contribution in [0.5, 0.6) is 0 Å². The maximum atomic E-state index is 15.7. The van der Waals surface area contributed by atoms with Gasteiger partial charge in [0.05, 0.1) is 31.3 Å². The second-order valence-corrected chi connectivity index (χ2v) is 16.3. The van der Waals surface area contributed by atoms with Gasteiger partial charge in [0.25, 0.3) is 5.91 Å². The molecule has 1 saturated heterocycles. The fraction of sp³-hybridized carbons (Fsp3) is 0.412. The molecule has 43 heavy (non-hydrogen) atoms. The van der Waals surface area contributed by atoms with E-state index in [1.807, 2.05) is 48.5 Å². The predicted octanol–water partition coefficient (Wildman–Crippen LogP) is 5.74. The predicted molar refractivity (Wildman–Crippen MR) is 170 cm³/mol. The molecule has 2 aliphatic rings. The summed E-state index contributed by atoms with van der Waals surface area (Å²) >= 11 is 0. The van der Waals surface area contributed by atoms with Crippen molar-refractivity contribution in [1.82, 2.24) is 4.90 Å². The van der Waals surface area contributed by atoms with E-state index in [0.717, 1.165) is 23.1 Å². The Morgan fingerprint density at radius 1 is 1.02 bits per heavy atom. The molecule has 0 bridgehead atoms. The smallest absolute Gasteiger partial charge is 0.255 e. The first kappa shape index (κ1) is 30.9. The minimum Gasteiger partial charge on any atom is -0.399 e. The van der Waals surface area contributed by atoms with Gasteiger partial charge in [0.15, 0.2) is 0 Å². The van der Waals surface area contributed by atoms with E-state index in [4.69, 9.17) is 10.5 Å². The third kappa shape index (κ3) is 7.17. The highest BCUT2D eigenvalue weighted by Gasteiger charge is 2.52. The Kier molecular flexibility index (Phi) is 9.34. The Labute approximate surface area is 254 Å². The molecule has 0 unspecified atom stereocenters. The molecule has 2 aliphatic heterocycles. The number of carbonyl (C=O) groups is 2. The fourth-order valence-corrected chi connectivity index (χ4v) is 9.35. The van der Waals surface area contributed by atoms with Crippen molar-refractivity contribution >= 4 is 31.6 Å². The molecule has 5 atom stereocenters. The van der Waals surface area contributed by atoms with E-state index in [1.165, 1.54) is 0 Å². The summed E-state index contributed by atoms with van der Waals surface area (Å²) in [6.45, 7) is 5.81. The summed E-state index contributed by atoms with van der Waals surface area (Å²) in [6, 6.07) is 22.2. The van der Waals surface area contributed by atoms with Gasteiger partial charge in [0.1, 0.15) is 0 Å². The fourth-order valence-electron chi connectivity index (χ4n) is 6.81. The van der Waals surface area contributed by atoms with Crippen molar-refractivity contribution in [1.29, 1.82) is 0 Å². The van der Waals surface area contributed by atoms with Crippen molar-refractivity contribution in [2.45, 2.75) is 76.0 Å². The van der Waals surface area contributed by atoms with Crippen LogP contribution >= 0.6 is 0 Å². The minimum atomic E-state index is -3.15. The number of nitrogens with two attached hydrogens (primary N) is 1. The van der Waals surface area contributed by atoms with Gasteiger partial charge in [-0.2, -0.15) is 0 Å². The number of nitrogen functional groups attached to an aromatic ring is 1. The molecule has 0 aliphatic carbocycles. The number of fused-ring (bicyclic) bond motifs is 1. The number of halogens is 1. The van der Waals surface area contributed by atoms with Crippen LogP contribution in [-0.4, -0.2) is 55.1 Å². The highest BCUT2D eigenvalue weighted by Crippen LogP contribution is 2.47. The van der Waals surface area contributed by atoms with Crippen molar-refractivity contribution in [2.24, 2.45) is 5.92 Å². The number of hydrogen-bond donors (Lipinski definition) is 3. The Morgan fingerprint density at radius 3 is 2.35 bits per heavy atom. The lowest BCUT2D eigenvalue weighted by Gasteiger charge is -2.37. The molecule has 3 aromatic carbocycles. The third-order valence-corrected chi connectivity index (χ3v) is 11.5. The van der Waals surface area contributed by atoms with E-state index in [9.17, 15) is 14.7 Å². The van der Waals surface area contributed by atoms with E-state index >= 15 is 4.11 Å². The zero-order chi connectivity index (χ0) is 30.7. The summed E-state index contributed by atoms with van der Waals surface area (Å²) in [5.74, 6) is -0.311. The number of rotatable bonds is 9. The molecule has 4 N–H and O–H groups in total. The number of amides is 2. The topological polar surface area (TPSA) is 105 Å². The molecule has 0 aromatic heterocycles. The van der Waals surface area contributed by atoms with Gasteiger partial charge < -0.3 is 29.9 Å². The minimum absolute atomic E-state index is 0.0151. The first-order chi connectivity index (χ1) is 20.5. The van der Waals surface area contributed by atoms with Gasteiger partial charge in [-0.15, -0.1) is 0 Å². The highest BCUT2D eigenvalue weighted by molar-refractivity contribution is 6.72. The van der Waals surface area contributed by atoms with Crippen molar-refractivity contribution in [3.8, 4) is 0 Å². The van der Waals surface area contributed by atoms with Crippen LogP contribution in [0, 0.1) is 5.92 Å². The molecule has 1 fully saturated rings. The quantitative estimate of drug-likeness (QED) is 0.164. The van der Waals surface area contributed by atoms with Crippen LogP contribution in [0.3, 0.4) is 0 Å². The molecular weight excluding hydrogens is 561 g/mol. The molecule has 2 amide bonds. The van der Waals surface area contributed by atoms with Crippen LogP contribution in [0.15, 0.2) is 72.8 Å². The standard InChI is InChI=1S/C34H42FN3O4Si/c1-22-30(17-10-23-8-15-28(16-9-23)37-34(41)24-11-13-27(36)14-12-24)42-31(33(22)43(2,3)35)19-32(40)38-20-26-7-5-4-6-25(26)18-29(38)21-39/h4-9,11-16,22,29-31,33,39H,10,17-21,36H2,1-3H3,(H,37,41)/t22-,29-,30+,31-,33+/m0/s1. The monoisotopic (exact) mass is 603 g/mol. The van der Waals surface area contributed by atoms with E-state index in [-0.39, 0.29) is 48.4 Å². The van der Waals surface area contributed by atoms with Crippen molar-refractivity contribution in [2.75, 3.05) is 17.7 Å². The summed E-state index contributed by atoms with van der Waals surface area (Å²) in [5.41, 5.74) is 10.6. The summed E-state index contributed by atoms with van der Waals surface area (Å²) in [7, 11) is -3.15. The van der Waals surface area contributed by atoms with E-state index in [2.05, 4.69) is 12.2 Å². The van der Waals surface area contributed by atoms with Crippen LogP contribution in [0.4, 0.5) is 15.5 Å². The van der Waals surface area contributed by atoms with Gasteiger partial charge in [-0.05, 0) is 91.4 Å². The second-order valence-electron chi connectivity index (χ2n) is 12.5. The number of aryl methyl sites for hydroxylation is 1. The average Bonchev–Trinajstić information content (AvgIpc) is 3.30. The van der Waals surface area contributed by atoms with E-state index < -0.39 is 14.5 Å². The van der Waals surface area contributed by atoms with Gasteiger partial charge in [-0.3, -0.25) is 9.59 Å². The molecule has 0 spiro atoms. The highest BCUT2D eigenvalue weighted by atomic mass is 28.4. The molecule has 7 nitrogen and oxygen atoms in total. The molecule has 0 radical (unpaired) electrons. The lowest BCUT2D eigenvalue weighted by Crippen LogP contribution is -2.48. The number of nitrogens with one attached hydrogen (secondary N) is 1. The van der Waals surface area contributed by atoms with Crippen LogP contribution in [-0.2, 0) is 28.9 Å². The Hall–Kier alpha value is -3.53. The van der Waals surface area contributed by atoms with Gasteiger partial charge in [0, 0.05) is 29.0 Å². The lowest BCUT2D eigenvalue weighted by atomic mass is 9.93. The molecular formula is C34H42FN3O4Si. The number of benzene rings is 3. The van der Waals surface area contributed by atoms with Crippen LogP contribution in [0.1, 0.15) is 46.8 Å². The molecule has 0 saturated carbocycles. The molecule has 2 heterocycles. The van der Waals surface area contributed by atoms with E-state index in [0.29, 0.717) is 36.3 Å². The first-order valence-corrected chi connectivity index (χ1v) is 18.1. The normalized spacial score (nSPS) is 23.6. The summed E-state index contributed by atoms with van der Waals surface area (Å²) < 4.78 is 22.2. The molecule has 3 aromatic rings. The maximum absolute atomic E-state index is 15.7. The van der Waals surface area contributed by atoms with Gasteiger partial charge in [0.2, 0.25) is 14.3 Å². The molecule has 5 rings (SSSR count). The summed E-state index contributed by atoms with van der Waals surface area (Å²) in [4.78, 5) is 27.9. The number of aliphatic hydroxyl groups is 1. The van der Waals surface area contributed by atoms with Crippen LogP contribution < -0.4 is 11.1 Å². The lowest BCUT2D eigenvalue weighted by molar-refractivity contribution is -0.138. The number of anilines is 2. The van der Waals surface area contributed by atoms with Gasteiger partial charge in [-0.1, -0.05) is 43.3 Å². The number of aliphatic hydroxyl groups excluding tert-OH is 1. The number of nitrogens with zero attached hydrogens (tertiary/aromatic N) is 1. The number of hydrogen-bond acceptors (Lipinski definition) is 5. The summed E-state index contributed by atoms with van der Waals surface area (Å²) in [5, 5.41) is 13.0. The molecule has 228 valence electrons. The largest absolute Gasteiger partial charge is 0.399 e. The summed E-state index contributed by atoms with van der Waals surface area (Å²) in [6.07, 6.45) is 1.53. The van der Waals surface area contributed by atoms with Crippen molar-refractivity contribution in [3.63, 3.8) is 0 Å². The Morgan fingerprint density at radius 2 is 1.70 bits per heavy atom. The first-order valence-electron chi connectivity index (χ1n) is 15.1. The zero-order valence-electron chi connectivity index (χ0n) is 25.1. The Balaban J connectivity index is 1.20. The maximum Gasteiger partial charge on any atom is 0.255 e. The number of carbonyl (C=O) groups excluding carboxylic acids is 2. The number of ether oxygens (including phenoxy) is 1. The SMILES string of the molecule is C[C@@H]1[C@@H]([Si](C)(C)F)[C@H](CC(=O)N2Cc3ccccc3C[C@H]2CO)O[C@@H]1CCc1ccc(NC(=O)c2ccc(N)cc2)cc1. The zero-order valence-corrected chi connectivity index (χ0v) is 26.1. The molecule has 9 heteroatoms. The third-order valence-electron chi connectivity index (χ3n) is 9.06. The average molecular weight is 604 g/mol. The van der Waals surface area contributed by atoms with Gasteiger partial charge in [-0.25, -0.2) is 0 Å². The second kappa shape index (κ2) is 13.0. The van der Waals surface area contributed by atoms with Crippen molar-refractivity contribution < 1.29 is 23.5 Å². The van der Waals surface area contributed by atoms with Crippen LogP contribution in [0.25, 0.3) is 0 Å². The van der Waals surface area contributed by atoms with Crippen molar-refractivity contribution in [3.05, 3.63) is 95.1 Å². The Bertz CT molecular complexity index is 1430. The van der Waals surface area contributed by atoms with Gasteiger partial charge >= 0.3 is 0 Å². The van der Waals surface area contributed by atoms with E-state index in [1.54, 1.807) is 42.3 Å². The van der Waals surface area contributed by atoms with Crippen LogP contribution in [0.2, 0.25) is 18.6 Å².